The minimum atomic E-state index is 0.637. The molecule has 30 heavy (non-hydrogen) atoms. The molecule has 1 aliphatic rings. The standard InChI is InChI=1S/C28H28O2/c1-3-11-25-23(7-1)9-5-13-27(25)29-19-21-15-17-22(18-16-21)20-30-28-14-6-10-24-8-2-4-12-26(24)28/h1-14,21-22H,15-20H2. The lowest BCUT2D eigenvalue weighted by Crippen LogP contribution is -2.23. The first kappa shape index (κ1) is 19.0. The lowest BCUT2D eigenvalue weighted by molar-refractivity contribution is 0.149. The van der Waals surface area contributed by atoms with Crippen LogP contribution in [0.1, 0.15) is 25.7 Å². The van der Waals surface area contributed by atoms with Crippen molar-refractivity contribution in [2.45, 2.75) is 25.7 Å². The number of ether oxygens (including phenoxy) is 2. The number of rotatable bonds is 6. The first-order valence-electron chi connectivity index (χ1n) is 11.1. The Morgan fingerprint density at radius 1 is 0.500 bits per heavy atom. The molecule has 1 aliphatic carbocycles. The fourth-order valence-corrected chi connectivity index (χ4v) is 4.62. The lowest BCUT2D eigenvalue weighted by atomic mass is 9.83. The number of hydrogen-bond donors (Lipinski definition) is 0. The summed E-state index contributed by atoms with van der Waals surface area (Å²) in [7, 11) is 0. The second kappa shape index (κ2) is 8.79. The van der Waals surface area contributed by atoms with Crippen LogP contribution < -0.4 is 9.47 Å². The van der Waals surface area contributed by atoms with Crippen LogP contribution >= 0.6 is 0 Å². The van der Waals surface area contributed by atoms with Crippen molar-refractivity contribution in [2.24, 2.45) is 11.8 Å². The van der Waals surface area contributed by atoms with Gasteiger partial charge in [0.25, 0.3) is 0 Å². The Bertz CT molecular complexity index is 1020. The maximum Gasteiger partial charge on any atom is 0.127 e. The van der Waals surface area contributed by atoms with Gasteiger partial charge in [-0.2, -0.15) is 0 Å². The Morgan fingerprint density at radius 3 is 1.37 bits per heavy atom. The predicted molar refractivity (Wildman–Crippen MR) is 124 cm³/mol. The van der Waals surface area contributed by atoms with Crippen LogP contribution in [0.3, 0.4) is 0 Å². The summed E-state index contributed by atoms with van der Waals surface area (Å²) in [5.74, 6) is 3.29. The summed E-state index contributed by atoms with van der Waals surface area (Å²) in [5.41, 5.74) is 0. The Labute approximate surface area is 178 Å². The van der Waals surface area contributed by atoms with E-state index in [9.17, 15) is 0 Å². The van der Waals surface area contributed by atoms with Crippen LogP contribution in [0.4, 0.5) is 0 Å². The van der Waals surface area contributed by atoms with Crippen LogP contribution in [0, 0.1) is 11.8 Å². The van der Waals surface area contributed by atoms with Gasteiger partial charge in [-0.05, 0) is 60.4 Å². The first-order valence-corrected chi connectivity index (χ1v) is 11.1. The van der Waals surface area contributed by atoms with E-state index >= 15 is 0 Å². The van der Waals surface area contributed by atoms with E-state index in [1.165, 1.54) is 47.2 Å². The zero-order valence-corrected chi connectivity index (χ0v) is 17.3. The molecule has 0 unspecified atom stereocenters. The molecule has 0 bridgehead atoms. The number of benzene rings is 4. The maximum absolute atomic E-state index is 6.24. The SMILES string of the molecule is c1ccc2c(OCC3CCC(COc4cccc5ccccc45)CC3)cccc2c1. The highest BCUT2D eigenvalue weighted by atomic mass is 16.5. The monoisotopic (exact) mass is 396 g/mol. The molecule has 0 heterocycles. The van der Waals surface area contributed by atoms with Crippen molar-refractivity contribution in [3.8, 4) is 11.5 Å². The van der Waals surface area contributed by atoms with Gasteiger partial charge < -0.3 is 9.47 Å². The van der Waals surface area contributed by atoms with Gasteiger partial charge in [-0.1, -0.05) is 72.8 Å². The fraction of sp³-hybridized carbons (Fsp3) is 0.286. The molecule has 0 aliphatic heterocycles. The van der Waals surface area contributed by atoms with Crippen LogP contribution in [-0.2, 0) is 0 Å². The Balaban J connectivity index is 1.13. The highest BCUT2D eigenvalue weighted by Crippen LogP contribution is 2.32. The minimum absolute atomic E-state index is 0.637. The van der Waals surface area contributed by atoms with E-state index in [0.29, 0.717) is 11.8 Å². The smallest absolute Gasteiger partial charge is 0.127 e. The van der Waals surface area contributed by atoms with Crippen molar-refractivity contribution < 1.29 is 9.47 Å². The third-order valence-corrected chi connectivity index (χ3v) is 6.41. The molecule has 152 valence electrons. The molecule has 2 nitrogen and oxygen atoms in total. The quantitative estimate of drug-likeness (QED) is 0.341. The van der Waals surface area contributed by atoms with Crippen LogP contribution in [-0.4, -0.2) is 13.2 Å². The van der Waals surface area contributed by atoms with Gasteiger partial charge in [0.1, 0.15) is 11.5 Å². The Morgan fingerprint density at radius 2 is 0.900 bits per heavy atom. The minimum Gasteiger partial charge on any atom is -0.493 e. The van der Waals surface area contributed by atoms with E-state index in [1.54, 1.807) is 0 Å². The average Bonchev–Trinajstić information content (AvgIpc) is 2.82. The largest absolute Gasteiger partial charge is 0.493 e. The second-order valence-corrected chi connectivity index (χ2v) is 8.46. The van der Waals surface area contributed by atoms with Crippen LogP contribution in [0.5, 0.6) is 11.5 Å². The zero-order chi connectivity index (χ0) is 20.2. The first-order chi connectivity index (χ1) is 14.9. The highest BCUT2D eigenvalue weighted by Gasteiger charge is 2.22. The number of hydrogen-bond acceptors (Lipinski definition) is 2. The lowest BCUT2D eigenvalue weighted by Gasteiger charge is -2.28. The molecule has 1 saturated carbocycles. The molecule has 0 atom stereocenters. The van der Waals surface area contributed by atoms with E-state index in [0.717, 1.165) is 24.7 Å². The van der Waals surface area contributed by atoms with Crippen molar-refractivity contribution in [3.63, 3.8) is 0 Å². The van der Waals surface area contributed by atoms with Crippen molar-refractivity contribution in [2.75, 3.05) is 13.2 Å². The van der Waals surface area contributed by atoms with Crippen molar-refractivity contribution >= 4 is 21.5 Å². The third kappa shape index (κ3) is 4.14. The summed E-state index contributed by atoms with van der Waals surface area (Å²) in [4.78, 5) is 0. The van der Waals surface area contributed by atoms with E-state index in [1.807, 2.05) is 0 Å². The van der Waals surface area contributed by atoms with Gasteiger partial charge in [0.2, 0.25) is 0 Å². The molecular weight excluding hydrogens is 368 g/mol. The molecule has 0 N–H and O–H groups in total. The molecule has 0 radical (unpaired) electrons. The van der Waals surface area contributed by atoms with E-state index in [4.69, 9.17) is 9.47 Å². The number of fused-ring (bicyclic) bond motifs is 2. The summed E-state index contributed by atoms with van der Waals surface area (Å²) in [6.07, 6.45) is 4.87. The fourth-order valence-electron chi connectivity index (χ4n) is 4.62. The van der Waals surface area contributed by atoms with Gasteiger partial charge >= 0.3 is 0 Å². The van der Waals surface area contributed by atoms with E-state index in [2.05, 4.69) is 84.9 Å². The summed E-state index contributed by atoms with van der Waals surface area (Å²) in [6.45, 7) is 1.62. The topological polar surface area (TPSA) is 18.5 Å². The molecule has 0 saturated heterocycles. The molecule has 2 heteroatoms. The molecular formula is C28H28O2. The van der Waals surface area contributed by atoms with Crippen molar-refractivity contribution in [3.05, 3.63) is 84.9 Å². The van der Waals surface area contributed by atoms with Gasteiger partial charge in [0.15, 0.2) is 0 Å². The molecule has 0 amide bonds. The average molecular weight is 397 g/mol. The Kier molecular flexibility index (Phi) is 5.56. The van der Waals surface area contributed by atoms with Gasteiger partial charge in [-0.3, -0.25) is 0 Å². The molecule has 0 spiro atoms. The predicted octanol–water partition coefficient (Wildman–Crippen LogP) is 7.26. The molecule has 4 aromatic carbocycles. The van der Waals surface area contributed by atoms with Crippen molar-refractivity contribution in [1.82, 2.24) is 0 Å². The second-order valence-electron chi connectivity index (χ2n) is 8.46. The summed E-state index contributed by atoms with van der Waals surface area (Å²) in [5, 5.41) is 4.89. The van der Waals surface area contributed by atoms with Gasteiger partial charge in [0.05, 0.1) is 13.2 Å². The van der Waals surface area contributed by atoms with Gasteiger partial charge in [-0.15, -0.1) is 0 Å². The molecule has 0 aromatic heterocycles. The highest BCUT2D eigenvalue weighted by molar-refractivity contribution is 5.88. The van der Waals surface area contributed by atoms with E-state index in [-0.39, 0.29) is 0 Å². The van der Waals surface area contributed by atoms with E-state index < -0.39 is 0 Å². The zero-order valence-electron chi connectivity index (χ0n) is 17.3. The summed E-state index contributed by atoms with van der Waals surface area (Å²) < 4.78 is 12.5. The summed E-state index contributed by atoms with van der Waals surface area (Å²) >= 11 is 0. The van der Waals surface area contributed by atoms with Crippen LogP contribution in [0.25, 0.3) is 21.5 Å². The molecule has 4 aromatic rings. The normalized spacial score (nSPS) is 19.1. The van der Waals surface area contributed by atoms with Gasteiger partial charge in [0, 0.05) is 10.8 Å². The summed E-state index contributed by atoms with van der Waals surface area (Å²) in [6, 6.07) is 29.5. The van der Waals surface area contributed by atoms with Crippen molar-refractivity contribution in [1.29, 1.82) is 0 Å². The Hall–Kier alpha value is -3.00. The van der Waals surface area contributed by atoms with Crippen LogP contribution in [0.15, 0.2) is 84.9 Å². The third-order valence-electron chi connectivity index (χ3n) is 6.41. The van der Waals surface area contributed by atoms with Crippen LogP contribution in [0.2, 0.25) is 0 Å². The molecule has 1 fully saturated rings. The molecule has 5 rings (SSSR count). The maximum atomic E-state index is 6.24. The van der Waals surface area contributed by atoms with Gasteiger partial charge in [-0.25, -0.2) is 0 Å².